The van der Waals surface area contributed by atoms with E-state index in [2.05, 4.69) is 0 Å². The van der Waals surface area contributed by atoms with Crippen molar-refractivity contribution in [1.29, 1.82) is 0 Å². The summed E-state index contributed by atoms with van der Waals surface area (Å²) in [6, 6.07) is 9.45. The fraction of sp³-hybridized carbons (Fsp3) is 0.500. The van der Waals surface area contributed by atoms with Crippen LogP contribution in [0.2, 0.25) is 0 Å². The fourth-order valence-corrected chi connectivity index (χ4v) is 3.89. The van der Waals surface area contributed by atoms with Crippen LogP contribution in [0.1, 0.15) is 24.8 Å². The second kappa shape index (κ2) is 6.37. The molecule has 0 spiro atoms. The minimum absolute atomic E-state index is 0.00937. The second-order valence-electron chi connectivity index (χ2n) is 5.04. The maximum Gasteiger partial charge on any atom is 0.304 e. The molecule has 6 heteroatoms. The molecule has 1 saturated carbocycles. The van der Waals surface area contributed by atoms with Crippen LogP contribution in [0.5, 0.6) is 0 Å². The zero-order chi connectivity index (χ0) is 14.6. The van der Waals surface area contributed by atoms with Crippen LogP contribution in [0.3, 0.4) is 0 Å². The van der Waals surface area contributed by atoms with E-state index in [0.29, 0.717) is 6.42 Å². The molecule has 0 bridgehead atoms. The molecule has 1 aliphatic carbocycles. The zero-order valence-electron chi connectivity index (χ0n) is 11.2. The topological polar surface area (TPSA) is 74.7 Å². The minimum atomic E-state index is -3.38. The molecule has 0 heterocycles. The van der Waals surface area contributed by atoms with Crippen molar-refractivity contribution >= 4 is 16.0 Å². The Hall–Kier alpha value is -1.40. The number of rotatable bonds is 8. The minimum Gasteiger partial charge on any atom is -0.481 e. The number of carboxylic acid groups (broad SMARTS) is 1. The number of aliphatic carboxylic acids is 1. The first-order valence-electron chi connectivity index (χ1n) is 6.74. The monoisotopic (exact) mass is 297 g/mol. The first kappa shape index (κ1) is 15.0. The van der Waals surface area contributed by atoms with Gasteiger partial charge in [0.1, 0.15) is 0 Å². The third kappa shape index (κ3) is 4.31. The summed E-state index contributed by atoms with van der Waals surface area (Å²) in [5.41, 5.74) is 0.977. The smallest absolute Gasteiger partial charge is 0.304 e. The van der Waals surface area contributed by atoms with Crippen LogP contribution < -0.4 is 0 Å². The number of benzene rings is 1. The Morgan fingerprint density at radius 2 is 1.90 bits per heavy atom. The summed E-state index contributed by atoms with van der Waals surface area (Å²) >= 11 is 0. The molecule has 1 aliphatic rings. The molecule has 5 nitrogen and oxygen atoms in total. The van der Waals surface area contributed by atoms with Crippen LogP contribution in [-0.2, 0) is 21.2 Å². The standard InChI is InChI=1S/C14H19NO4S/c16-14(17)8-10-15(13-6-7-13)20(18,19)11-9-12-4-2-1-3-5-12/h1-5,13H,6-11H2,(H,16,17). The molecule has 0 radical (unpaired) electrons. The number of carbonyl (C=O) groups is 1. The van der Waals surface area contributed by atoms with Gasteiger partial charge in [-0.15, -0.1) is 0 Å². The molecular formula is C14H19NO4S. The number of hydrogen-bond donors (Lipinski definition) is 1. The Labute approximate surface area is 119 Å². The van der Waals surface area contributed by atoms with Crippen molar-refractivity contribution in [3.05, 3.63) is 35.9 Å². The average molecular weight is 297 g/mol. The average Bonchev–Trinajstić information content (AvgIpc) is 3.22. The summed E-state index contributed by atoms with van der Waals surface area (Å²) < 4.78 is 26.0. The Kier molecular flexibility index (Phi) is 4.77. The van der Waals surface area contributed by atoms with Crippen molar-refractivity contribution < 1.29 is 18.3 Å². The van der Waals surface area contributed by atoms with Crippen molar-refractivity contribution in [3.8, 4) is 0 Å². The van der Waals surface area contributed by atoms with E-state index in [9.17, 15) is 13.2 Å². The lowest BCUT2D eigenvalue weighted by Crippen LogP contribution is -2.37. The number of aryl methyl sites for hydroxylation is 1. The lowest BCUT2D eigenvalue weighted by Gasteiger charge is -2.21. The number of carboxylic acids is 1. The maximum absolute atomic E-state index is 12.3. The summed E-state index contributed by atoms with van der Waals surface area (Å²) in [4.78, 5) is 10.6. The van der Waals surface area contributed by atoms with Crippen LogP contribution in [0, 0.1) is 0 Å². The molecule has 2 rings (SSSR count). The summed E-state index contributed by atoms with van der Waals surface area (Å²) in [6.45, 7) is 0.0805. The molecule has 1 aromatic carbocycles. The normalized spacial score (nSPS) is 15.4. The second-order valence-corrected chi connectivity index (χ2v) is 7.08. The van der Waals surface area contributed by atoms with Crippen molar-refractivity contribution in [2.24, 2.45) is 0 Å². The van der Waals surface area contributed by atoms with E-state index in [1.165, 1.54) is 4.31 Å². The van der Waals surface area contributed by atoms with E-state index < -0.39 is 16.0 Å². The largest absolute Gasteiger partial charge is 0.481 e. The van der Waals surface area contributed by atoms with Gasteiger partial charge in [-0.05, 0) is 24.8 Å². The van der Waals surface area contributed by atoms with Crippen molar-refractivity contribution in [2.45, 2.75) is 31.7 Å². The Morgan fingerprint density at radius 3 is 2.45 bits per heavy atom. The van der Waals surface area contributed by atoms with Crippen molar-refractivity contribution in [2.75, 3.05) is 12.3 Å². The third-order valence-electron chi connectivity index (χ3n) is 3.35. The van der Waals surface area contributed by atoms with E-state index in [-0.39, 0.29) is 24.8 Å². The molecule has 0 aliphatic heterocycles. The lowest BCUT2D eigenvalue weighted by atomic mass is 10.2. The van der Waals surface area contributed by atoms with Gasteiger partial charge in [0.15, 0.2) is 0 Å². The molecule has 1 fully saturated rings. The molecule has 0 aromatic heterocycles. The Balaban J connectivity index is 1.97. The van der Waals surface area contributed by atoms with E-state index in [1.807, 2.05) is 30.3 Å². The number of nitrogens with zero attached hydrogens (tertiary/aromatic N) is 1. The zero-order valence-corrected chi connectivity index (χ0v) is 12.1. The van der Waals surface area contributed by atoms with Crippen molar-refractivity contribution in [3.63, 3.8) is 0 Å². The first-order valence-corrected chi connectivity index (χ1v) is 8.35. The fourth-order valence-electron chi connectivity index (χ4n) is 2.13. The molecular weight excluding hydrogens is 278 g/mol. The van der Waals surface area contributed by atoms with Gasteiger partial charge >= 0.3 is 5.97 Å². The molecule has 1 N–H and O–H groups in total. The van der Waals surface area contributed by atoms with Gasteiger partial charge in [0.2, 0.25) is 10.0 Å². The first-order chi connectivity index (χ1) is 9.49. The van der Waals surface area contributed by atoms with Crippen LogP contribution >= 0.6 is 0 Å². The molecule has 20 heavy (non-hydrogen) atoms. The van der Waals surface area contributed by atoms with Gasteiger partial charge in [-0.25, -0.2) is 8.42 Å². The van der Waals surface area contributed by atoms with Gasteiger partial charge < -0.3 is 5.11 Å². The lowest BCUT2D eigenvalue weighted by molar-refractivity contribution is -0.137. The highest BCUT2D eigenvalue weighted by Gasteiger charge is 2.36. The molecule has 0 unspecified atom stereocenters. The maximum atomic E-state index is 12.3. The van der Waals surface area contributed by atoms with Gasteiger partial charge in [0.05, 0.1) is 12.2 Å². The molecule has 0 atom stereocenters. The summed E-state index contributed by atoms with van der Waals surface area (Å²) in [5.74, 6) is -0.929. The van der Waals surface area contributed by atoms with Gasteiger partial charge in [0, 0.05) is 12.6 Å². The predicted octanol–water partition coefficient (Wildman–Crippen LogP) is 1.50. The molecule has 0 amide bonds. The predicted molar refractivity (Wildman–Crippen MR) is 75.9 cm³/mol. The number of sulfonamides is 1. The number of hydrogen-bond acceptors (Lipinski definition) is 3. The van der Waals surface area contributed by atoms with E-state index in [1.54, 1.807) is 0 Å². The molecule has 110 valence electrons. The summed E-state index contributed by atoms with van der Waals surface area (Å²) in [5, 5.41) is 8.72. The van der Waals surface area contributed by atoms with E-state index >= 15 is 0 Å². The quantitative estimate of drug-likeness (QED) is 0.789. The van der Waals surface area contributed by atoms with Crippen LogP contribution in [0.15, 0.2) is 30.3 Å². The van der Waals surface area contributed by atoms with Gasteiger partial charge in [-0.2, -0.15) is 4.31 Å². The van der Waals surface area contributed by atoms with Gasteiger partial charge in [0.25, 0.3) is 0 Å². The highest BCUT2D eigenvalue weighted by atomic mass is 32.2. The highest BCUT2D eigenvalue weighted by Crippen LogP contribution is 2.29. The van der Waals surface area contributed by atoms with Crippen LogP contribution in [-0.4, -0.2) is 42.1 Å². The van der Waals surface area contributed by atoms with Crippen LogP contribution in [0.4, 0.5) is 0 Å². The van der Waals surface area contributed by atoms with Gasteiger partial charge in [-0.1, -0.05) is 30.3 Å². The van der Waals surface area contributed by atoms with Crippen molar-refractivity contribution in [1.82, 2.24) is 4.31 Å². The molecule has 1 aromatic rings. The van der Waals surface area contributed by atoms with Gasteiger partial charge in [-0.3, -0.25) is 4.79 Å². The van der Waals surface area contributed by atoms with E-state index in [0.717, 1.165) is 18.4 Å². The van der Waals surface area contributed by atoms with Crippen LogP contribution in [0.25, 0.3) is 0 Å². The Morgan fingerprint density at radius 1 is 1.25 bits per heavy atom. The molecule has 0 saturated heterocycles. The summed E-state index contributed by atoms with van der Waals surface area (Å²) in [7, 11) is -3.38. The Bertz CT molecular complexity index is 552. The highest BCUT2D eigenvalue weighted by molar-refractivity contribution is 7.89. The summed E-state index contributed by atoms with van der Waals surface area (Å²) in [6.07, 6.45) is 1.99. The SMILES string of the molecule is O=C(O)CCN(C1CC1)S(=O)(=O)CCc1ccccc1. The third-order valence-corrected chi connectivity index (χ3v) is 5.26. The van der Waals surface area contributed by atoms with E-state index in [4.69, 9.17) is 5.11 Å².